The number of ether oxygens (including phenoxy) is 2. The van der Waals surface area contributed by atoms with Crippen LogP contribution in [-0.4, -0.2) is 139 Å². The maximum absolute atomic E-state index is 13.0. The number of anilines is 3. The number of nitrogen functional groups attached to an aromatic ring is 3. The van der Waals surface area contributed by atoms with Crippen LogP contribution in [0.5, 0.6) is 11.5 Å². The number of hydrogen-bond donors (Lipinski definition) is 6. The highest BCUT2D eigenvalue weighted by Gasteiger charge is 2.30. The first-order chi connectivity index (χ1) is 36.2. The number of aromatic nitrogens is 4. The number of amides is 3. The Kier molecular flexibility index (Phi) is 26.4. The molecule has 0 radical (unpaired) electrons. The molecule has 0 saturated heterocycles. The Morgan fingerprint density at radius 2 is 1.12 bits per heavy atom. The Labute approximate surface area is 461 Å². The molecule has 3 amide bonds. The van der Waals surface area contributed by atoms with E-state index in [9.17, 15) is 19.2 Å². The van der Waals surface area contributed by atoms with Gasteiger partial charge >= 0.3 is 6.03 Å². The second kappa shape index (κ2) is 32.0. The van der Waals surface area contributed by atoms with Crippen molar-refractivity contribution in [1.29, 1.82) is 0 Å². The average molecular weight is 1090 g/mol. The van der Waals surface area contributed by atoms with Gasteiger partial charge in [0, 0.05) is 51.5 Å². The Morgan fingerprint density at radius 1 is 0.579 bits per heavy atom. The van der Waals surface area contributed by atoms with Gasteiger partial charge in [-0.3, -0.25) is 14.4 Å². The highest BCUT2D eigenvalue weighted by atomic mass is 35.5. The van der Waals surface area contributed by atoms with Crippen LogP contribution in [0, 0.1) is 6.92 Å². The van der Waals surface area contributed by atoms with Crippen molar-refractivity contribution in [3.8, 4) is 11.5 Å². The third-order valence-corrected chi connectivity index (χ3v) is 14.7. The van der Waals surface area contributed by atoms with Gasteiger partial charge in [-0.2, -0.15) is 0 Å². The number of benzene rings is 2. The first-order valence-electron chi connectivity index (χ1n) is 27.0. The van der Waals surface area contributed by atoms with Gasteiger partial charge in [0.05, 0.1) is 72.7 Å². The lowest BCUT2D eigenvalue weighted by molar-refractivity contribution is -0.916. The summed E-state index contributed by atoms with van der Waals surface area (Å²) in [5.74, 6) is 1.26. The number of urea groups is 1. The molecule has 418 valence electrons. The maximum atomic E-state index is 13.0. The first kappa shape index (κ1) is 62.7. The molecule has 0 saturated carbocycles. The quantitative estimate of drug-likeness (QED) is 0.0142. The number of likely N-dealkylation sites (N-methyl/N-ethyl adjacent to an activating group) is 1. The minimum absolute atomic E-state index is 0.0173. The molecule has 4 aromatic rings. The first-order valence-corrected chi connectivity index (χ1v) is 27.8. The highest BCUT2D eigenvalue weighted by molar-refractivity contribution is 6.31. The molecule has 0 aliphatic rings. The number of quaternary nitrogens is 2. The summed E-state index contributed by atoms with van der Waals surface area (Å²) in [6.07, 6.45) is 12.9. The number of nitrogens with two attached hydrogens (primary N) is 3. The van der Waals surface area contributed by atoms with Gasteiger partial charge in [0.25, 0.3) is 5.91 Å². The normalized spacial score (nSPS) is 12.4. The molecule has 0 aliphatic heterocycles. The zero-order valence-electron chi connectivity index (χ0n) is 46.2. The molecule has 2 aromatic carbocycles. The predicted octanol–water partition coefficient (Wildman–Crippen LogP) is 8.74. The fraction of sp³-hybridized carbons (Fsp3) is 0.571. The minimum Gasteiger partial charge on any atom is -0.494 e. The number of hydrogen-bond acceptors (Lipinski definition) is 13. The number of nitrogens with one attached hydrogen (secondary N) is 3. The van der Waals surface area contributed by atoms with Crippen LogP contribution in [0.25, 0.3) is 0 Å². The molecule has 0 bridgehead atoms. The van der Waals surface area contributed by atoms with Gasteiger partial charge in [-0.1, -0.05) is 80.6 Å². The number of unbranched alkanes of at least 4 members (excludes halogenated alkanes) is 2. The summed E-state index contributed by atoms with van der Waals surface area (Å²) in [5.41, 5.74) is 20.6. The largest absolute Gasteiger partial charge is 0.494 e. The van der Waals surface area contributed by atoms with Crippen LogP contribution >= 0.6 is 23.2 Å². The predicted molar refractivity (Wildman–Crippen MR) is 304 cm³/mol. The van der Waals surface area contributed by atoms with Crippen molar-refractivity contribution in [2.24, 2.45) is 0 Å². The van der Waals surface area contributed by atoms with Crippen molar-refractivity contribution < 1.29 is 37.6 Å². The second-order valence-corrected chi connectivity index (χ2v) is 21.6. The van der Waals surface area contributed by atoms with Gasteiger partial charge in [-0.25, -0.2) is 24.7 Å². The van der Waals surface area contributed by atoms with E-state index in [1.807, 2.05) is 24.3 Å². The van der Waals surface area contributed by atoms with E-state index in [0.29, 0.717) is 70.3 Å². The zero-order valence-corrected chi connectivity index (χ0v) is 47.7. The van der Waals surface area contributed by atoms with Crippen molar-refractivity contribution in [3.63, 3.8) is 0 Å². The summed E-state index contributed by atoms with van der Waals surface area (Å²) in [7, 11) is 8.85. The smallest absolute Gasteiger partial charge is 0.314 e. The fourth-order valence-corrected chi connectivity index (χ4v) is 9.56. The van der Waals surface area contributed by atoms with Gasteiger partial charge in [-0.05, 0) is 80.8 Å². The number of ketones is 2. The molecular weight excluding hydrogens is 1010 g/mol. The van der Waals surface area contributed by atoms with E-state index in [1.165, 1.54) is 11.1 Å². The van der Waals surface area contributed by atoms with Gasteiger partial charge in [0.1, 0.15) is 35.6 Å². The molecule has 2 aromatic heterocycles. The Hall–Kier alpha value is -5.82. The van der Waals surface area contributed by atoms with E-state index in [0.717, 1.165) is 111 Å². The van der Waals surface area contributed by atoms with Crippen LogP contribution in [0.4, 0.5) is 22.2 Å². The van der Waals surface area contributed by atoms with Crippen molar-refractivity contribution in [1.82, 2.24) is 35.9 Å². The summed E-state index contributed by atoms with van der Waals surface area (Å²) >= 11 is 12.1. The van der Waals surface area contributed by atoms with E-state index in [-0.39, 0.29) is 62.8 Å². The number of rotatable bonds is 36. The van der Waals surface area contributed by atoms with Gasteiger partial charge in [0.15, 0.2) is 39.2 Å². The summed E-state index contributed by atoms with van der Waals surface area (Å²) in [6.45, 7) is 10.1. The maximum Gasteiger partial charge on any atom is 0.314 e. The lowest BCUT2D eigenvalue weighted by Gasteiger charge is -2.38. The zero-order chi connectivity index (χ0) is 55.7. The second-order valence-electron chi connectivity index (χ2n) is 20.9. The Morgan fingerprint density at radius 3 is 1.74 bits per heavy atom. The van der Waals surface area contributed by atoms with Crippen molar-refractivity contribution in [2.45, 2.75) is 136 Å². The molecule has 2 atom stereocenters. The summed E-state index contributed by atoms with van der Waals surface area (Å²) in [6, 6.07) is 16.5. The molecule has 20 heteroatoms. The number of Topliss-reactive ketones (excluding diaryl/α,β-unsaturated/α-hetero) is 2. The van der Waals surface area contributed by atoms with Crippen LogP contribution < -0.4 is 42.6 Å². The van der Waals surface area contributed by atoms with Gasteiger partial charge in [-0.15, -0.1) is 0 Å². The molecule has 4 rings (SSSR count). The number of carbonyl (C=O) groups excluding carboxylic acids is 4. The Balaban J connectivity index is 0.993. The molecule has 0 fully saturated rings. The van der Waals surface area contributed by atoms with Gasteiger partial charge < -0.3 is 51.6 Å². The fourth-order valence-electron chi connectivity index (χ4n) is 9.31. The number of carbonyl (C=O) groups is 4. The molecular formula is C56H86Cl2N12O6+2. The van der Waals surface area contributed by atoms with E-state index in [4.69, 9.17) is 49.9 Å². The Bertz CT molecular complexity index is 2290. The standard InChI is InChI=1S/C56H84Cl2N12O6/c1-8-16-42(26-31-47(72)48-52(59)65-39(3)50(57)66-48)69(4,5)34-13-18-40-22-27-45(28-23-40)75-36-15-21-44(71)20-11-10-12-32-62-56(74)63-33-37-76-46-29-24-41(25-30-46)19-14-35-70(6,7)43(17-9-2)38-64-55(73)49-53(60)68-54(61)51(58)67-49/h22-25,27-30,42-43H,8-21,26,31-38H2,1-7H3,(H7-2,59,60,61,62,63,64,65,68,72,73,74)/p+2/t42-,43-/m0/s1. The van der Waals surface area contributed by atoms with Crippen LogP contribution in [0.15, 0.2) is 48.5 Å². The SMILES string of the molecule is CCC[C@@H](CCC(=O)c1nc(Cl)c(C)nc1N)[N+](C)(C)CCCc1ccc(OCCCC(=O)CCCCCNC(=O)NCCOc2ccc(CCC[N+](C)(C)[C@@H](CCC)CNC(=O)c3nc(Cl)c(N)nc3N)cc2)cc1. The van der Waals surface area contributed by atoms with Crippen molar-refractivity contribution >= 4 is 64.2 Å². The van der Waals surface area contributed by atoms with E-state index < -0.39 is 5.91 Å². The highest BCUT2D eigenvalue weighted by Crippen LogP contribution is 2.24. The van der Waals surface area contributed by atoms with Crippen LogP contribution in [-0.2, 0) is 17.6 Å². The molecule has 76 heavy (non-hydrogen) atoms. The number of halogens is 2. The molecule has 9 N–H and O–H groups in total. The summed E-state index contributed by atoms with van der Waals surface area (Å²) in [5, 5.41) is 8.83. The van der Waals surface area contributed by atoms with E-state index in [1.54, 1.807) is 6.92 Å². The minimum atomic E-state index is -0.432. The molecule has 0 aliphatic carbocycles. The molecule has 2 heterocycles. The van der Waals surface area contributed by atoms with Crippen LogP contribution in [0.3, 0.4) is 0 Å². The van der Waals surface area contributed by atoms with E-state index >= 15 is 0 Å². The van der Waals surface area contributed by atoms with Crippen LogP contribution in [0.1, 0.15) is 142 Å². The molecule has 0 spiro atoms. The lowest BCUT2D eigenvalue weighted by Crippen LogP contribution is -2.54. The average Bonchev–Trinajstić information content (AvgIpc) is 3.38. The molecule has 18 nitrogen and oxygen atoms in total. The monoisotopic (exact) mass is 1090 g/mol. The third kappa shape index (κ3) is 21.7. The van der Waals surface area contributed by atoms with Crippen LogP contribution in [0.2, 0.25) is 10.3 Å². The third-order valence-electron chi connectivity index (χ3n) is 14.0. The molecule has 0 unspecified atom stereocenters. The van der Waals surface area contributed by atoms with Crippen molar-refractivity contribution in [2.75, 3.05) is 91.3 Å². The summed E-state index contributed by atoms with van der Waals surface area (Å²) in [4.78, 5) is 67.0. The van der Waals surface area contributed by atoms with E-state index in [2.05, 4.69) is 102 Å². The van der Waals surface area contributed by atoms with Gasteiger partial charge in [0.2, 0.25) is 0 Å². The number of nitrogens with zero attached hydrogens (tertiary/aromatic N) is 6. The lowest BCUT2D eigenvalue weighted by atomic mass is 9.99. The van der Waals surface area contributed by atoms with Crippen molar-refractivity contribution in [3.05, 3.63) is 87.0 Å². The number of aryl methyl sites for hydroxylation is 3. The summed E-state index contributed by atoms with van der Waals surface area (Å²) < 4.78 is 13.4. The topological polar surface area (TPSA) is 252 Å².